The number of halogens is 3. The molecule has 9 heteroatoms. The zero-order valence-corrected chi connectivity index (χ0v) is 15.9. The number of carboxylic acids is 1. The van der Waals surface area contributed by atoms with E-state index in [-0.39, 0.29) is 12.3 Å². The van der Waals surface area contributed by atoms with Crippen molar-refractivity contribution in [2.24, 2.45) is 0 Å². The Hall–Kier alpha value is -2.68. The first-order chi connectivity index (χ1) is 13.2. The number of carbonyl (C=O) groups is 1. The highest BCUT2D eigenvalue weighted by Crippen LogP contribution is 2.35. The lowest BCUT2D eigenvalue weighted by atomic mass is 9.96. The Morgan fingerprint density at radius 3 is 2.71 bits per heavy atom. The van der Waals surface area contributed by atoms with Gasteiger partial charge >= 0.3 is 12.1 Å². The largest absolute Gasteiger partial charge is 0.489 e. The van der Waals surface area contributed by atoms with Crippen LogP contribution in [0.25, 0.3) is 10.1 Å². The van der Waals surface area contributed by atoms with Gasteiger partial charge in [0.2, 0.25) is 5.82 Å². The van der Waals surface area contributed by atoms with Crippen molar-refractivity contribution in [1.29, 1.82) is 0 Å². The summed E-state index contributed by atoms with van der Waals surface area (Å²) in [7, 11) is 0. The topological polar surface area (TPSA) is 72.3 Å². The lowest BCUT2D eigenvalue weighted by molar-refractivity contribution is -0.145. The SMILES string of the molecule is CCC(C(=O)O)c1csc2cc(OCc3cnc(C(F)(F)F)nc3C)ccc12. The van der Waals surface area contributed by atoms with Crippen LogP contribution in [0.1, 0.15) is 41.9 Å². The second-order valence-corrected chi connectivity index (χ2v) is 7.15. The molecule has 0 aliphatic heterocycles. The Kier molecular flexibility index (Phi) is 5.55. The highest BCUT2D eigenvalue weighted by atomic mass is 32.1. The van der Waals surface area contributed by atoms with Crippen molar-refractivity contribution in [2.75, 3.05) is 0 Å². The van der Waals surface area contributed by atoms with Crippen molar-refractivity contribution in [3.63, 3.8) is 0 Å². The molecule has 2 aromatic heterocycles. The maximum absolute atomic E-state index is 12.6. The number of thiophene rings is 1. The van der Waals surface area contributed by atoms with Crippen molar-refractivity contribution in [1.82, 2.24) is 9.97 Å². The molecule has 1 atom stereocenters. The van der Waals surface area contributed by atoms with E-state index < -0.39 is 23.9 Å². The average Bonchev–Trinajstić information content (AvgIpc) is 3.03. The van der Waals surface area contributed by atoms with Gasteiger partial charge in [0, 0.05) is 22.2 Å². The van der Waals surface area contributed by atoms with E-state index in [4.69, 9.17) is 4.74 Å². The number of nitrogens with zero attached hydrogens (tertiary/aromatic N) is 2. The van der Waals surface area contributed by atoms with Crippen molar-refractivity contribution < 1.29 is 27.8 Å². The molecule has 1 aromatic carbocycles. The van der Waals surface area contributed by atoms with Crippen LogP contribution in [0, 0.1) is 6.92 Å². The molecule has 0 fully saturated rings. The van der Waals surface area contributed by atoms with Crippen LogP contribution in [0.2, 0.25) is 0 Å². The zero-order valence-electron chi connectivity index (χ0n) is 15.1. The molecule has 0 saturated carbocycles. The number of aryl methyl sites for hydroxylation is 1. The van der Waals surface area contributed by atoms with E-state index in [0.717, 1.165) is 21.8 Å². The van der Waals surface area contributed by atoms with Gasteiger partial charge in [0.1, 0.15) is 12.4 Å². The van der Waals surface area contributed by atoms with Crippen LogP contribution in [-0.4, -0.2) is 21.0 Å². The summed E-state index contributed by atoms with van der Waals surface area (Å²) in [4.78, 5) is 18.3. The molecule has 148 valence electrons. The average molecular weight is 410 g/mol. The quantitative estimate of drug-likeness (QED) is 0.607. The first-order valence-corrected chi connectivity index (χ1v) is 9.35. The van der Waals surface area contributed by atoms with E-state index >= 15 is 0 Å². The van der Waals surface area contributed by atoms with Gasteiger partial charge in [0.25, 0.3) is 0 Å². The molecular weight excluding hydrogens is 393 g/mol. The molecule has 0 aliphatic carbocycles. The monoisotopic (exact) mass is 410 g/mol. The van der Waals surface area contributed by atoms with Crippen molar-refractivity contribution in [3.8, 4) is 5.75 Å². The molecule has 2 heterocycles. The summed E-state index contributed by atoms with van der Waals surface area (Å²) in [5, 5.41) is 12.1. The number of carboxylic acid groups (broad SMARTS) is 1. The van der Waals surface area contributed by atoms with Gasteiger partial charge in [-0.05, 0) is 47.9 Å². The second-order valence-electron chi connectivity index (χ2n) is 6.24. The van der Waals surface area contributed by atoms with E-state index in [1.807, 2.05) is 12.3 Å². The maximum Gasteiger partial charge on any atom is 0.451 e. The standard InChI is InChI=1S/C19H17F3N2O3S/c1-3-13(17(25)26)15-9-28-16-6-12(4-5-14(15)16)27-8-11-7-23-18(19(20,21)22)24-10(11)2/h4-7,9,13H,3,8H2,1-2H3,(H,25,26). The first-order valence-electron chi connectivity index (χ1n) is 8.47. The summed E-state index contributed by atoms with van der Waals surface area (Å²) >= 11 is 1.43. The Morgan fingerprint density at radius 2 is 2.11 bits per heavy atom. The minimum atomic E-state index is -4.58. The molecule has 3 rings (SSSR count). The fourth-order valence-electron chi connectivity index (χ4n) is 2.85. The Balaban J connectivity index is 1.78. The van der Waals surface area contributed by atoms with Crippen LogP contribution in [0.3, 0.4) is 0 Å². The minimum Gasteiger partial charge on any atom is -0.489 e. The molecule has 0 aliphatic rings. The number of hydrogen-bond donors (Lipinski definition) is 1. The molecule has 0 bridgehead atoms. The lowest BCUT2D eigenvalue weighted by Crippen LogP contribution is -2.13. The predicted molar refractivity (Wildman–Crippen MR) is 98.6 cm³/mol. The summed E-state index contributed by atoms with van der Waals surface area (Å²) < 4.78 is 44.5. The molecule has 1 unspecified atom stereocenters. The molecule has 0 saturated heterocycles. The highest BCUT2D eigenvalue weighted by Gasteiger charge is 2.34. The van der Waals surface area contributed by atoms with Crippen LogP contribution in [-0.2, 0) is 17.6 Å². The summed E-state index contributed by atoms with van der Waals surface area (Å²) in [6.45, 7) is 3.33. The second kappa shape index (κ2) is 7.75. The van der Waals surface area contributed by atoms with Gasteiger partial charge in [-0.25, -0.2) is 9.97 Å². The number of fused-ring (bicyclic) bond motifs is 1. The minimum absolute atomic E-state index is 0.0282. The molecule has 0 radical (unpaired) electrons. The molecular formula is C19H17F3N2O3S. The Labute approximate surface area is 162 Å². The molecule has 5 nitrogen and oxygen atoms in total. The first kappa shape index (κ1) is 20.1. The van der Waals surface area contributed by atoms with Crippen LogP contribution in [0.4, 0.5) is 13.2 Å². The number of aromatic nitrogens is 2. The van der Waals surface area contributed by atoms with Gasteiger partial charge in [-0.3, -0.25) is 4.79 Å². The van der Waals surface area contributed by atoms with Crippen LogP contribution in [0.5, 0.6) is 5.75 Å². The molecule has 0 spiro atoms. The normalized spacial score (nSPS) is 12.9. The summed E-state index contributed by atoms with van der Waals surface area (Å²) in [5.41, 5.74) is 1.43. The molecule has 1 N–H and O–H groups in total. The van der Waals surface area contributed by atoms with Gasteiger partial charge in [-0.1, -0.05) is 6.92 Å². The van der Waals surface area contributed by atoms with Crippen LogP contribution < -0.4 is 4.74 Å². The molecule has 0 amide bonds. The van der Waals surface area contributed by atoms with Crippen molar-refractivity contribution >= 4 is 27.4 Å². The van der Waals surface area contributed by atoms with Gasteiger partial charge in [-0.2, -0.15) is 13.2 Å². The molecule has 28 heavy (non-hydrogen) atoms. The number of aliphatic carboxylic acids is 1. The van der Waals surface area contributed by atoms with E-state index in [2.05, 4.69) is 9.97 Å². The lowest BCUT2D eigenvalue weighted by Gasteiger charge is -2.11. The van der Waals surface area contributed by atoms with Crippen LogP contribution in [0.15, 0.2) is 29.8 Å². The van der Waals surface area contributed by atoms with Gasteiger partial charge in [0.15, 0.2) is 0 Å². The predicted octanol–water partition coefficient (Wildman–Crippen LogP) is 5.18. The van der Waals surface area contributed by atoms with Gasteiger partial charge in [-0.15, -0.1) is 11.3 Å². The number of hydrogen-bond acceptors (Lipinski definition) is 5. The number of benzene rings is 1. The van der Waals surface area contributed by atoms with E-state index in [0.29, 0.717) is 17.7 Å². The third-order valence-corrected chi connectivity index (χ3v) is 5.35. The van der Waals surface area contributed by atoms with Crippen LogP contribution >= 0.6 is 11.3 Å². The maximum atomic E-state index is 12.6. The number of rotatable bonds is 6. The van der Waals surface area contributed by atoms with Crippen molar-refractivity contribution in [3.05, 3.63) is 52.4 Å². The van der Waals surface area contributed by atoms with Gasteiger partial charge < -0.3 is 9.84 Å². The fraction of sp³-hybridized carbons (Fsp3) is 0.316. The third kappa shape index (κ3) is 4.09. The number of ether oxygens (including phenoxy) is 1. The third-order valence-electron chi connectivity index (χ3n) is 4.39. The van der Waals surface area contributed by atoms with E-state index in [1.54, 1.807) is 18.2 Å². The Morgan fingerprint density at radius 1 is 1.36 bits per heavy atom. The Bertz CT molecular complexity index is 1020. The summed E-state index contributed by atoms with van der Waals surface area (Å²) in [6, 6.07) is 5.31. The molecule has 3 aromatic rings. The van der Waals surface area contributed by atoms with E-state index in [1.165, 1.54) is 18.3 Å². The zero-order chi connectivity index (χ0) is 20.5. The summed E-state index contributed by atoms with van der Waals surface area (Å²) in [6.07, 6.45) is -2.98. The fourth-order valence-corrected chi connectivity index (χ4v) is 3.89. The van der Waals surface area contributed by atoms with Crippen molar-refractivity contribution in [2.45, 2.75) is 39.0 Å². The summed E-state index contributed by atoms with van der Waals surface area (Å²) in [5.74, 6) is -2.07. The highest BCUT2D eigenvalue weighted by molar-refractivity contribution is 7.17. The smallest absolute Gasteiger partial charge is 0.451 e. The van der Waals surface area contributed by atoms with Gasteiger partial charge in [0.05, 0.1) is 5.92 Å². The number of alkyl halides is 3. The van der Waals surface area contributed by atoms with E-state index in [9.17, 15) is 23.1 Å².